The fraction of sp³-hybridized carbons (Fsp3) is 0.385. The van der Waals surface area contributed by atoms with Gasteiger partial charge in [0.05, 0.1) is 23.8 Å². The summed E-state index contributed by atoms with van der Waals surface area (Å²) in [5.41, 5.74) is 2.10. The lowest BCUT2D eigenvalue weighted by atomic mass is 10.3. The van der Waals surface area contributed by atoms with Crippen LogP contribution in [-0.4, -0.2) is 53.3 Å². The average molecular weight is 258 g/mol. The maximum atomic E-state index is 4.44. The van der Waals surface area contributed by atoms with Crippen LogP contribution in [0.4, 0.5) is 17.2 Å². The molecule has 2 aromatic rings. The van der Waals surface area contributed by atoms with Gasteiger partial charge in [-0.05, 0) is 19.2 Å². The second-order valence-corrected chi connectivity index (χ2v) is 4.80. The van der Waals surface area contributed by atoms with Gasteiger partial charge in [-0.25, -0.2) is 4.98 Å². The van der Waals surface area contributed by atoms with Crippen molar-refractivity contribution in [2.24, 2.45) is 0 Å². The van der Waals surface area contributed by atoms with E-state index in [4.69, 9.17) is 0 Å². The van der Waals surface area contributed by atoms with Gasteiger partial charge in [0.2, 0.25) is 0 Å². The molecule has 0 aromatic carbocycles. The molecule has 6 heteroatoms. The normalized spacial score (nSPS) is 16.6. The van der Waals surface area contributed by atoms with E-state index in [1.807, 2.05) is 12.3 Å². The largest absolute Gasteiger partial charge is 0.368 e. The number of H-pyrrole nitrogens is 1. The maximum absolute atomic E-state index is 4.44. The molecule has 0 spiro atoms. The molecule has 0 amide bonds. The van der Waals surface area contributed by atoms with Crippen LogP contribution in [0, 0.1) is 0 Å². The van der Waals surface area contributed by atoms with Crippen molar-refractivity contribution >= 4 is 17.2 Å². The zero-order chi connectivity index (χ0) is 13.1. The second-order valence-electron chi connectivity index (χ2n) is 4.80. The highest BCUT2D eigenvalue weighted by Gasteiger charge is 2.14. The molecule has 2 N–H and O–H groups in total. The fourth-order valence-corrected chi connectivity index (χ4v) is 2.18. The Morgan fingerprint density at radius 3 is 2.63 bits per heavy atom. The molecule has 100 valence electrons. The summed E-state index contributed by atoms with van der Waals surface area (Å²) in [7, 11) is 2.16. The van der Waals surface area contributed by atoms with Crippen LogP contribution >= 0.6 is 0 Å². The van der Waals surface area contributed by atoms with Gasteiger partial charge in [0.15, 0.2) is 0 Å². The molecule has 0 saturated carbocycles. The zero-order valence-corrected chi connectivity index (χ0v) is 11.0. The van der Waals surface area contributed by atoms with Crippen molar-refractivity contribution in [2.45, 2.75) is 0 Å². The minimum atomic E-state index is 0.833. The summed E-state index contributed by atoms with van der Waals surface area (Å²) in [6.07, 6.45) is 5.46. The molecule has 1 fully saturated rings. The number of rotatable bonds is 3. The Morgan fingerprint density at radius 1 is 1.16 bits per heavy atom. The lowest BCUT2D eigenvalue weighted by Gasteiger charge is -2.33. The van der Waals surface area contributed by atoms with Crippen LogP contribution in [0.2, 0.25) is 0 Å². The molecule has 3 heterocycles. The van der Waals surface area contributed by atoms with Crippen molar-refractivity contribution in [3.63, 3.8) is 0 Å². The number of aromatic amines is 1. The third-order valence-electron chi connectivity index (χ3n) is 3.39. The smallest absolute Gasteiger partial charge is 0.130 e. The van der Waals surface area contributed by atoms with E-state index in [0.717, 1.165) is 37.7 Å². The highest BCUT2D eigenvalue weighted by molar-refractivity contribution is 5.57. The lowest BCUT2D eigenvalue weighted by molar-refractivity contribution is 0.313. The number of aromatic nitrogens is 3. The number of anilines is 3. The number of likely N-dealkylation sites (N-methyl/N-ethyl adjacent to an activating group) is 1. The maximum Gasteiger partial charge on any atom is 0.130 e. The van der Waals surface area contributed by atoms with E-state index in [1.165, 1.54) is 5.69 Å². The topological polar surface area (TPSA) is 60.1 Å². The molecule has 0 atom stereocenters. The number of hydrogen-bond acceptors (Lipinski definition) is 5. The summed E-state index contributed by atoms with van der Waals surface area (Å²) >= 11 is 0. The monoisotopic (exact) mass is 258 g/mol. The van der Waals surface area contributed by atoms with Gasteiger partial charge < -0.3 is 15.1 Å². The van der Waals surface area contributed by atoms with Crippen LogP contribution in [0.15, 0.2) is 30.7 Å². The van der Waals surface area contributed by atoms with Crippen LogP contribution < -0.4 is 10.2 Å². The highest BCUT2D eigenvalue weighted by Crippen LogP contribution is 2.18. The van der Waals surface area contributed by atoms with Crippen LogP contribution in [0.3, 0.4) is 0 Å². The molecular formula is C13H18N6. The van der Waals surface area contributed by atoms with Gasteiger partial charge in [0.1, 0.15) is 5.82 Å². The SMILES string of the molecule is CN1CCN(c2ccc(Nc3cn[nH]c3)nc2)CC1. The third-order valence-corrected chi connectivity index (χ3v) is 3.39. The number of piperazine rings is 1. The molecular weight excluding hydrogens is 240 g/mol. The van der Waals surface area contributed by atoms with Crippen LogP contribution in [0.5, 0.6) is 0 Å². The van der Waals surface area contributed by atoms with Crippen molar-refractivity contribution in [3.05, 3.63) is 30.7 Å². The Morgan fingerprint density at radius 2 is 2.00 bits per heavy atom. The summed E-state index contributed by atoms with van der Waals surface area (Å²) in [6, 6.07) is 4.11. The third kappa shape index (κ3) is 2.85. The summed E-state index contributed by atoms with van der Waals surface area (Å²) < 4.78 is 0. The van der Waals surface area contributed by atoms with E-state index >= 15 is 0 Å². The molecule has 1 aliphatic rings. The minimum absolute atomic E-state index is 0.833. The lowest BCUT2D eigenvalue weighted by Crippen LogP contribution is -2.44. The Labute approximate surface area is 112 Å². The van der Waals surface area contributed by atoms with Crippen LogP contribution in [-0.2, 0) is 0 Å². The first kappa shape index (κ1) is 12.0. The van der Waals surface area contributed by atoms with Gasteiger partial charge >= 0.3 is 0 Å². The van der Waals surface area contributed by atoms with Crippen molar-refractivity contribution in [3.8, 4) is 0 Å². The molecule has 3 rings (SSSR count). The summed E-state index contributed by atoms with van der Waals surface area (Å²) in [4.78, 5) is 9.16. The summed E-state index contributed by atoms with van der Waals surface area (Å²) in [5, 5.41) is 9.84. The van der Waals surface area contributed by atoms with Crippen LogP contribution in [0.1, 0.15) is 0 Å². The fourth-order valence-electron chi connectivity index (χ4n) is 2.18. The predicted octanol–water partition coefficient (Wildman–Crippen LogP) is 1.30. The molecule has 0 unspecified atom stereocenters. The van der Waals surface area contributed by atoms with Crippen molar-refractivity contribution in [2.75, 3.05) is 43.4 Å². The zero-order valence-electron chi connectivity index (χ0n) is 11.0. The Kier molecular flexibility index (Phi) is 3.33. The molecule has 0 radical (unpaired) electrons. The van der Waals surface area contributed by atoms with Crippen molar-refractivity contribution < 1.29 is 0 Å². The molecule has 6 nitrogen and oxygen atoms in total. The van der Waals surface area contributed by atoms with E-state index in [-0.39, 0.29) is 0 Å². The number of nitrogens with one attached hydrogen (secondary N) is 2. The van der Waals surface area contributed by atoms with Crippen molar-refractivity contribution in [1.29, 1.82) is 0 Å². The number of pyridine rings is 1. The number of nitrogens with zero attached hydrogens (tertiary/aromatic N) is 4. The van der Waals surface area contributed by atoms with E-state index in [2.05, 4.69) is 43.4 Å². The predicted molar refractivity (Wildman–Crippen MR) is 75.8 cm³/mol. The van der Waals surface area contributed by atoms with Gasteiger partial charge in [-0.15, -0.1) is 0 Å². The molecule has 2 aromatic heterocycles. The quantitative estimate of drug-likeness (QED) is 0.869. The van der Waals surface area contributed by atoms with Crippen molar-refractivity contribution in [1.82, 2.24) is 20.1 Å². The molecule has 0 bridgehead atoms. The van der Waals surface area contributed by atoms with Crippen LogP contribution in [0.25, 0.3) is 0 Å². The van der Waals surface area contributed by atoms with E-state index in [9.17, 15) is 0 Å². The minimum Gasteiger partial charge on any atom is -0.368 e. The molecule has 1 saturated heterocycles. The first-order valence-electron chi connectivity index (χ1n) is 6.46. The average Bonchev–Trinajstić information content (AvgIpc) is 2.94. The van der Waals surface area contributed by atoms with E-state index in [1.54, 1.807) is 12.4 Å². The molecule has 1 aliphatic heterocycles. The van der Waals surface area contributed by atoms with Gasteiger partial charge in [-0.2, -0.15) is 5.10 Å². The van der Waals surface area contributed by atoms with Gasteiger partial charge in [0, 0.05) is 32.4 Å². The molecule has 19 heavy (non-hydrogen) atoms. The Bertz CT molecular complexity index is 498. The van der Waals surface area contributed by atoms with Gasteiger partial charge in [-0.1, -0.05) is 0 Å². The standard InChI is InChI=1S/C13H18N6/c1-18-4-6-19(7-5-18)12-2-3-13(14-10-12)17-11-8-15-16-9-11/h2-3,8-10H,4-7H2,1H3,(H,14,17)(H,15,16). The first-order chi connectivity index (χ1) is 9.31. The second kappa shape index (κ2) is 5.27. The summed E-state index contributed by atoms with van der Waals surface area (Å²) in [6.45, 7) is 4.34. The summed E-state index contributed by atoms with van der Waals surface area (Å²) in [5.74, 6) is 0.833. The van der Waals surface area contributed by atoms with E-state index in [0.29, 0.717) is 0 Å². The van der Waals surface area contributed by atoms with Gasteiger partial charge in [-0.3, -0.25) is 5.10 Å². The van der Waals surface area contributed by atoms with E-state index < -0.39 is 0 Å². The van der Waals surface area contributed by atoms with Gasteiger partial charge in [0.25, 0.3) is 0 Å². The molecule has 0 aliphatic carbocycles. The Balaban J connectivity index is 1.65. The first-order valence-corrected chi connectivity index (χ1v) is 6.46. The Hall–Kier alpha value is -2.08. The highest BCUT2D eigenvalue weighted by atomic mass is 15.2. The number of hydrogen-bond donors (Lipinski definition) is 2.